The number of rotatable bonds is 2. The number of benzene rings is 3. The molecule has 0 atom stereocenters. The zero-order chi connectivity index (χ0) is 20.8. The molecule has 0 radical (unpaired) electrons. The Kier molecular flexibility index (Phi) is 5.97. The third kappa shape index (κ3) is 4.80. The van der Waals surface area contributed by atoms with Crippen LogP contribution in [0.15, 0.2) is 103 Å². The number of hydrogen-bond acceptors (Lipinski definition) is 3. The zero-order valence-corrected chi connectivity index (χ0v) is 16.8. The highest BCUT2D eigenvalue weighted by molar-refractivity contribution is 6.31. The fraction of sp³-hybridized carbons (Fsp3) is 0. The van der Waals surface area contributed by atoms with Crippen LogP contribution in [0.4, 0.5) is 5.69 Å². The first-order valence-electron chi connectivity index (χ1n) is 9.41. The summed E-state index contributed by atoms with van der Waals surface area (Å²) < 4.78 is 0. The van der Waals surface area contributed by atoms with E-state index >= 15 is 0 Å². The van der Waals surface area contributed by atoms with Gasteiger partial charge in [0.25, 0.3) is 5.91 Å². The van der Waals surface area contributed by atoms with Gasteiger partial charge in [-0.05, 0) is 48.5 Å². The Morgan fingerprint density at radius 1 is 0.733 bits per heavy atom. The van der Waals surface area contributed by atoms with Gasteiger partial charge in [-0.2, -0.15) is 0 Å². The first kappa shape index (κ1) is 19.6. The smallest absolute Gasteiger partial charge is 0.274 e. The summed E-state index contributed by atoms with van der Waals surface area (Å²) >= 11 is 5.92. The van der Waals surface area contributed by atoms with Crippen LogP contribution in [0.5, 0.6) is 0 Å². The van der Waals surface area contributed by atoms with Crippen LogP contribution in [-0.2, 0) is 0 Å². The maximum atomic E-state index is 12.1. The first-order valence-corrected chi connectivity index (χ1v) is 9.79. The molecule has 0 spiro atoms. The number of fused-ring (bicyclic) bond motifs is 2. The summed E-state index contributed by atoms with van der Waals surface area (Å²) in [5.74, 6) is -0.229. The number of anilines is 1. The van der Waals surface area contributed by atoms with Crippen LogP contribution < -0.4 is 5.32 Å². The fourth-order valence-corrected chi connectivity index (χ4v) is 3.14. The minimum atomic E-state index is -0.229. The molecule has 0 aliphatic heterocycles. The Bertz CT molecular complexity index is 1240. The molecule has 0 unspecified atom stereocenters. The molecule has 30 heavy (non-hydrogen) atoms. The van der Waals surface area contributed by atoms with Crippen molar-refractivity contribution >= 4 is 45.0 Å². The Morgan fingerprint density at radius 2 is 1.50 bits per heavy atom. The van der Waals surface area contributed by atoms with Gasteiger partial charge in [-0.25, -0.2) is 4.98 Å². The highest BCUT2D eigenvalue weighted by Gasteiger charge is 2.08. The van der Waals surface area contributed by atoms with E-state index in [-0.39, 0.29) is 5.91 Å². The fourth-order valence-electron chi connectivity index (χ4n) is 2.96. The topological polar surface area (TPSA) is 54.9 Å². The standard InChI is InChI=1S/C16H11ClN2O.C9H7N/c17-12-7-9-14-11(10-12)6-8-15(19-14)16(20)18-13-4-2-1-3-5-13;1-2-6-9-8(4-1)5-3-7-10-9/h1-10H,(H,18,20);1-7H. The van der Waals surface area contributed by atoms with E-state index in [0.717, 1.165) is 22.1 Å². The molecule has 0 aliphatic rings. The lowest BCUT2D eigenvalue weighted by molar-refractivity contribution is 0.102. The average molecular weight is 412 g/mol. The summed E-state index contributed by atoms with van der Waals surface area (Å²) in [5.41, 5.74) is 2.93. The number of carbonyl (C=O) groups excluding carboxylic acids is 1. The number of para-hydroxylation sites is 2. The summed E-state index contributed by atoms with van der Waals surface area (Å²) in [6, 6.07) is 30.3. The number of hydrogen-bond donors (Lipinski definition) is 1. The molecular weight excluding hydrogens is 394 g/mol. The second-order valence-electron chi connectivity index (χ2n) is 6.55. The van der Waals surface area contributed by atoms with Gasteiger partial charge in [0.05, 0.1) is 11.0 Å². The summed E-state index contributed by atoms with van der Waals surface area (Å²) in [7, 11) is 0. The third-order valence-corrected chi connectivity index (χ3v) is 4.66. The van der Waals surface area contributed by atoms with Crippen molar-refractivity contribution in [1.29, 1.82) is 0 Å². The molecule has 5 rings (SSSR count). The molecule has 0 saturated carbocycles. The quantitative estimate of drug-likeness (QED) is 0.367. The van der Waals surface area contributed by atoms with E-state index < -0.39 is 0 Å². The molecule has 1 amide bonds. The normalized spacial score (nSPS) is 10.3. The van der Waals surface area contributed by atoms with E-state index in [1.807, 2.05) is 72.9 Å². The Hall–Kier alpha value is -3.76. The van der Waals surface area contributed by atoms with Crippen molar-refractivity contribution in [3.05, 3.63) is 114 Å². The SMILES string of the molecule is O=C(Nc1ccccc1)c1ccc2cc(Cl)ccc2n1.c1ccc2ncccc2c1. The van der Waals surface area contributed by atoms with Crippen molar-refractivity contribution in [3.8, 4) is 0 Å². The van der Waals surface area contributed by atoms with Gasteiger partial charge in [0.1, 0.15) is 5.69 Å². The Labute approximate surface area is 179 Å². The number of carbonyl (C=O) groups is 1. The number of halogens is 1. The number of nitrogens with zero attached hydrogens (tertiary/aromatic N) is 2. The van der Waals surface area contributed by atoms with Crippen LogP contribution in [0.1, 0.15) is 10.5 Å². The molecule has 4 nitrogen and oxygen atoms in total. The molecule has 0 fully saturated rings. The molecule has 3 aromatic carbocycles. The van der Waals surface area contributed by atoms with Crippen LogP contribution in [0.2, 0.25) is 5.02 Å². The summed E-state index contributed by atoms with van der Waals surface area (Å²) in [6.07, 6.45) is 1.81. The van der Waals surface area contributed by atoms with Crippen LogP contribution in [0, 0.1) is 0 Å². The molecular formula is C25H18ClN3O. The predicted molar refractivity (Wildman–Crippen MR) is 123 cm³/mol. The zero-order valence-electron chi connectivity index (χ0n) is 16.0. The van der Waals surface area contributed by atoms with Crippen molar-refractivity contribution in [2.75, 3.05) is 5.32 Å². The van der Waals surface area contributed by atoms with Gasteiger partial charge in [-0.1, -0.05) is 60.1 Å². The third-order valence-electron chi connectivity index (χ3n) is 4.43. The van der Waals surface area contributed by atoms with Crippen LogP contribution in [-0.4, -0.2) is 15.9 Å². The second-order valence-corrected chi connectivity index (χ2v) is 6.99. The summed E-state index contributed by atoms with van der Waals surface area (Å²) in [5, 5.41) is 5.57. The average Bonchev–Trinajstić information content (AvgIpc) is 2.80. The van der Waals surface area contributed by atoms with Crippen LogP contribution in [0.25, 0.3) is 21.8 Å². The van der Waals surface area contributed by atoms with Crippen LogP contribution >= 0.6 is 11.6 Å². The maximum Gasteiger partial charge on any atom is 0.274 e. The molecule has 0 bridgehead atoms. The maximum absolute atomic E-state index is 12.1. The Balaban J connectivity index is 0.000000181. The molecule has 0 saturated heterocycles. The van der Waals surface area contributed by atoms with Crippen molar-refractivity contribution in [1.82, 2.24) is 9.97 Å². The van der Waals surface area contributed by atoms with Gasteiger partial charge in [0, 0.05) is 27.7 Å². The monoisotopic (exact) mass is 411 g/mol. The highest BCUT2D eigenvalue weighted by atomic mass is 35.5. The van der Waals surface area contributed by atoms with Gasteiger partial charge in [-0.3, -0.25) is 9.78 Å². The van der Waals surface area contributed by atoms with Crippen LogP contribution in [0.3, 0.4) is 0 Å². The number of aromatic nitrogens is 2. The minimum absolute atomic E-state index is 0.229. The minimum Gasteiger partial charge on any atom is -0.321 e. The van der Waals surface area contributed by atoms with Gasteiger partial charge in [0.15, 0.2) is 0 Å². The van der Waals surface area contributed by atoms with E-state index in [9.17, 15) is 4.79 Å². The molecule has 146 valence electrons. The number of nitrogens with one attached hydrogen (secondary N) is 1. The molecule has 0 aliphatic carbocycles. The summed E-state index contributed by atoms with van der Waals surface area (Å²) in [6.45, 7) is 0. The highest BCUT2D eigenvalue weighted by Crippen LogP contribution is 2.18. The number of pyridine rings is 2. The first-order chi connectivity index (χ1) is 14.7. The van der Waals surface area contributed by atoms with Gasteiger partial charge < -0.3 is 5.32 Å². The molecule has 5 aromatic rings. The largest absolute Gasteiger partial charge is 0.321 e. The Morgan fingerprint density at radius 3 is 2.33 bits per heavy atom. The van der Waals surface area contributed by atoms with Crippen molar-refractivity contribution in [2.24, 2.45) is 0 Å². The van der Waals surface area contributed by atoms with Gasteiger partial charge >= 0.3 is 0 Å². The van der Waals surface area contributed by atoms with E-state index in [2.05, 4.69) is 27.4 Å². The van der Waals surface area contributed by atoms with E-state index in [1.165, 1.54) is 5.39 Å². The van der Waals surface area contributed by atoms with Crippen molar-refractivity contribution in [2.45, 2.75) is 0 Å². The molecule has 5 heteroatoms. The summed E-state index contributed by atoms with van der Waals surface area (Å²) in [4.78, 5) is 20.6. The van der Waals surface area contributed by atoms with E-state index in [1.54, 1.807) is 18.2 Å². The lowest BCUT2D eigenvalue weighted by Gasteiger charge is -2.05. The van der Waals surface area contributed by atoms with Crippen molar-refractivity contribution in [3.63, 3.8) is 0 Å². The lowest BCUT2D eigenvalue weighted by atomic mass is 10.2. The van der Waals surface area contributed by atoms with E-state index in [0.29, 0.717) is 10.7 Å². The van der Waals surface area contributed by atoms with Gasteiger partial charge in [-0.15, -0.1) is 0 Å². The van der Waals surface area contributed by atoms with E-state index in [4.69, 9.17) is 11.6 Å². The molecule has 2 heterocycles. The second kappa shape index (κ2) is 9.16. The molecule has 2 aromatic heterocycles. The predicted octanol–water partition coefficient (Wildman–Crippen LogP) is 6.38. The van der Waals surface area contributed by atoms with Crippen molar-refractivity contribution < 1.29 is 4.79 Å². The molecule has 1 N–H and O–H groups in total. The lowest BCUT2D eigenvalue weighted by Crippen LogP contribution is -2.13. The van der Waals surface area contributed by atoms with Gasteiger partial charge in [0.2, 0.25) is 0 Å². The number of amides is 1.